The first-order valence-corrected chi connectivity index (χ1v) is 6.98. The Bertz CT molecular complexity index is 346. The molecule has 0 bridgehead atoms. The summed E-state index contributed by atoms with van der Waals surface area (Å²) in [5.41, 5.74) is 1.07. The maximum Gasteiger partial charge on any atom is 0.410 e. The molecule has 0 aromatic rings. The fraction of sp³-hybridized carbons (Fsp3) is 0.846. The third-order valence-electron chi connectivity index (χ3n) is 3.54. The molecule has 19 heavy (non-hydrogen) atoms. The molecule has 0 unspecified atom stereocenters. The Morgan fingerprint density at radius 1 is 1.47 bits per heavy atom. The van der Waals surface area contributed by atoms with E-state index in [1.165, 1.54) is 0 Å². The van der Waals surface area contributed by atoms with Crippen molar-refractivity contribution < 1.29 is 14.3 Å². The Morgan fingerprint density at radius 2 is 2.32 bits per heavy atom. The molecular weight excluding hydrogens is 246 g/mol. The molecule has 2 fully saturated rings. The van der Waals surface area contributed by atoms with E-state index in [4.69, 9.17) is 9.47 Å². The van der Waals surface area contributed by atoms with Crippen molar-refractivity contribution in [3.8, 4) is 0 Å². The molecule has 2 heterocycles. The van der Waals surface area contributed by atoms with Crippen molar-refractivity contribution in [1.29, 1.82) is 0 Å². The van der Waals surface area contributed by atoms with Gasteiger partial charge in [-0.1, -0.05) is 0 Å². The van der Waals surface area contributed by atoms with Gasteiger partial charge in [-0.05, 0) is 19.8 Å². The van der Waals surface area contributed by atoms with Gasteiger partial charge < -0.3 is 14.4 Å². The summed E-state index contributed by atoms with van der Waals surface area (Å²) in [6, 6.07) is 0.383. The van der Waals surface area contributed by atoms with E-state index in [0.717, 1.165) is 38.1 Å². The van der Waals surface area contributed by atoms with Gasteiger partial charge in [0, 0.05) is 26.6 Å². The second-order valence-electron chi connectivity index (χ2n) is 4.95. The number of hydrogen-bond donors (Lipinski definition) is 0. The highest BCUT2D eigenvalue weighted by Gasteiger charge is 2.27. The molecule has 2 aliphatic heterocycles. The Kier molecular flexibility index (Phi) is 5.01. The Balaban J connectivity index is 1.89. The van der Waals surface area contributed by atoms with Gasteiger partial charge in [0.05, 0.1) is 31.5 Å². The molecule has 0 radical (unpaired) electrons. The lowest BCUT2D eigenvalue weighted by Gasteiger charge is -2.21. The first-order chi connectivity index (χ1) is 9.24. The summed E-state index contributed by atoms with van der Waals surface area (Å²) in [6.45, 7) is 5.25. The number of carbonyl (C=O) groups is 1. The van der Waals surface area contributed by atoms with Crippen molar-refractivity contribution in [2.24, 2.45) is 5.10 Å². The molecule has 0 aromatic carbocycles. The van der Waals surface area contributed by atoms with Gasteiger partial charge >= 0.3 is 6.09 Å². The number of rotatable bonds is 4. The zero-order valence-corrected chi connectivity index (χ0v) is 11.8. The molecule has 2 saturated heterocycles. The van der Waals surface area contributed by atoms with E-state index in [-0.39, 0.29) is 6.09 Å². The second kappa shape index (κ2) is 6.75. The van der Waals surface area contributed by atoms with Crippen LogP contribution in [-0.4, -0.2) is 67.7 Å². The molecule has 1 amide bonds. The van der Waals surface area contributed by atoms with E-state index in [1.807, 2.05) is 6.92 Å². The quantitative estimate of drug-likeness (QED) is 0.772. The van der Waals surface area contributed by atoms with Gasteiger partial charge in [-0.15, -0.1) is 0 Å². The van der Waals surface area contributed by atoms with Crippen LogP contribution in [-0.2, 0) is 9.47 Å². The predicted octanol–water partition coefficient (Wildman–Crippen LogP) is 1.32. The van der Waals surface area contributed by atoms with E-state index in [2.05, 4.69) is 10.1 Å². The predicted molar refractivity (Wildman–Crippen MR) is 72.3 cm³/mol. The van der Waals surface area contributed by atoms with E-state index >= 15 is 0 Å². The highest BCUT2D eigenvalue weighted by atomic mass is 16.6. The molecule has 108 valence electrons. The number of likely N-dealkylation sites (tertiary alicyclic amines) is 1. The van der Waals surface area contributed by atoms with Crippen LogP contribution >= 0.6 is 0 Å². The monoisotopic (exact) mass is 269 g/mol. The highest BCUT2D eigenvalue weighted by molar-refractivity contribution is 5.91. The van der Waals surface area contributed by atoms with E-state index < -0.39 is 0 Å². The third kappa shape index (κ3) is 3.59. The molecular formula is C13H23N3O3. The van der Waals surface area contributed by atoms with Crippen LogP contribution in [0.5, 0.6) is 0 Å². The van der Waals surface area contributed by atoms with Crippen LogP contribution in [0.25, 0.3) is 0 Å². The summed E-state index contributed by atoms with van der Waals surface area (Å²) in [7, 11) is 1.72. The maximum absolute atomic E-state index is 11.6. The standard InChI is InChI=1S/C13H23N3O3/c1-3-19-13(17)15-8-6-11(9-15)14-16-7-4-5-12(16)10-18-2/h12H,3-10H2,1-2H3/b14-11+/t12-/m1/s1. The van der Waals surface area contributed by atoms with E-state index in [1.54, 1.807) is 12.0 Å². The van der Waals surface area contributed by atoms with Gasteiger partial charge in [0.15, 0.2) is 0 Å². The largest absolute Gasteiger partial charge is 0.450 e. The lowest BCUT2D eigenvalue weighted by atomic mass is 10.2. The minimum absolute atomic E-state index is 0.234. The van der Waals surface area contributed by atoms with Crippen LogP contribution in [0.1, 0.15) is 26.2 Å². The molecule has 6 nitrogen and oxygen atoms in total. The second-order valence-corrected chi connectivity index (χ2v) is 4.95. The Labute approximate surface area is 114 Å². The topological polar surface area (TPSA) is 54.4 Å². The van der Waals surface area contributed by atoms with Crippen molar-refractivity contribution in [1.82, 2.24) is 9.91 Å². The van der Waals surface area contributed by atoms with Crippen LogP contribution < -0.4 is 0 Å². The molecule has 0 spiro atoms. The zero-order valence-electron chi connectivity index (χ0n) is 11.8. The van der Waals surface area contributed by atoms with Crippen LogP contribution in [0, 0.1) is 0 Å². The number of hydrogen-bond acceptors (Lipinski definition) is 5. The third-order valence-corrected chi connectivity index (χ3v) is 3.54. The van der Waals surface area contributed by atoms with Gasteiger partial charge in [-0.3, -0.25) is 5.01 Å². The number of hydrazone groups is 1. The number of carbonyl (C=O) groups excluding carboxylic acids is 1. The fourth-order valence-corrected chi connectivity index (χ4v) is 2.59. The average Bonchev–Trinajstić information content (AvgIpc) is 3.01. The van der Waals surface area contributed by atoms with Gasteiger partial charge in [0.1, 0.15) is 0 Å². The van der Waals surface area contributed by atoms with Crippen LogP contribution in [0.15, 0.2) is 5.10 Å². The number of ether oxygens (including phenoxy) is 2. The van der Waals surface area contributed by atoms with Crippen molar-refractivity contribution in [3.63, 3.8) is 0 Å². The van der Waals surface area contributed by atoms with Crippen LogP contribution in [0.4, 0.5) is 4.79 Å². The fourth-order valence-electron chi connectivity index (χ4n) is 2.59. The summed E-state index contributed by atoms with van der Waals surface area (Å²) in [4.78, 5) is 13.3. The van der Waals surface area contributed by atoms with Crippen molar-refractivity contribution >= 4 is 11.8 Å². The summed E-state index contributed by atoms with van der Waals surface area (Å²) in [6.07, 6.45) is 2.90. The van der Waals surface area contributed by atoms with E-state index in [0.29, 0.717) is 25.7 Å². The van der Waals surface area contributed by atoms with Crippen LogP contribution in [0.2, 0.25) is 0 Å². The Morgan fingerprint density at radius 3 is 3.05 bits per heavy atom. The van der Waals surface area contributed by atoms with Crippen LogP contribution in [0.3, 0.4) is 0 Å². The molecule has 2 rings (SSSR count). The lowest BCUT2D eigenvalue weighted by Crippen LogP contribution is -2.31. The van der Waals surface area contributed by atoms with Gasteiger partial charge in [0.2, 0.25) is 0 Å². The highest BCUT2D eigenvalue weighted by Crippen LogP contribution is 2.19. The smallest absolute Gasteiger partial charge is 0.410 e. The summed E-state index contributed by atoms with van der Waals surface area (Å²) < 4.78 is 10.2. The minimum atomic E-state index is -0.234. The zero-order chi connectivity index (χ0) is 13.7. The van der Waals surface area contributed by atoms with Crippen molar-refractivity contribution in [2.75, 3.05) is 40.0 Å². The summed E-state index contributed by atoms with van der Waals surface area (Å²) >= 11 is 0. The Hall–Kier alpha value is -1.30. The molecule has 2 aliphatic rings. The molecule has 0 aromatic heterocycles. The maximum atomic E-state index is 11.6. The first kappa shape index (κ1) is 14.1. The van der Waals surface area contributed by atoms with E-state index in [9.17, 15) is 4.79 Å². The molecule has 6 heteroatoms. The van der Waals surface area contributed by atoms with Gasteiger partial charge in [-0.2, -0.15) is 5.10 Å². The number of amides is 1. The molecule has 0 saturated carbocycles. The number of methoxy groups -OCH3 is 1. The normalized spacial score (nSPS) is 25.4. The van der Waals surface area contributed by atoms with Crippen molar-refractivity contribution in [3.05, 3.63) is 0 Å². The lowest BCUT2D eigenvalue weighted by molar-refractivity contribution is 0.115. The minimum Gasteiger partial charge on any atom is -0.450 e. The number of nitrogens with zero attached hydrogens (tertiary/aromatic N) is 3. The molecule has 1 atom stereocenters. The first-order valence-electron chi connectivity index (χ1n) is 6.98. The molecule has 0 N–H and O–H groups in total. The van der Waals surface area contributed by atoms with Gasteiger partial charge in [-0.25, -0.2) is 4.79 Å². The molecule has 0 aliphatic carbocycles. The summed E-state index contributed by atoms with van der Waals surface area (Å²) in [5, 5.41) is 6.81. The summed E-state index contributed by atoms with van der Waals surface area (Å²) in [5.74, 6) is 0. The SMILES string of the molecule is CCOC(=O)N1CC/C(=N\N2CCC[C@@H]2COC)C1. The average molecular weight is 269 g/mol. The van der Waals surface area contributed by atoms with Gasteiger partial charge in [0.25, 0.3) is 0 Å². The van der Waals surface area contributed by atoms with Crippen molar-refractivity contribution in [2.45, 2.75) is 32.2 Å².